The molecule has 0 aromatic heterocycles. The SMILES string of the molecule is C1C[C@@H]2CNC[C@@H]1C2. The third-order valence-corrected chi connectivity index (χ3v) is 2.52. The van der Waals surface area contributed by atoms with E-state index in [0.717, 1.165) is 11.8 Å². The topological polar surface area (TPSA) is 12.0 Å². The molecule has 0 aromatic carbocycles. The minimum Gasteiger partial charge on any atom is -0.316 e. The summed E-state index contributed by atoms with van der Waals surface area (Å²) < 4.78 is 0. The summed E-state index contributed by atoms with van der Waals surface area (Å²) in [4.78, 5) is 0. The summed E-state index contributed by atoms with van der Waals surface area (Å²) in [6, 6.07) is 0. The summed E-state index contributed by atoms with van der Waals surface area (Å²) in [5.41, 5.74) is 0. The number of hydrogen-bond donors (Lipinski definition) is 1. The quantitative estimate of drug-likeness (QED) is 0.492. The minimum atomic E-state index is 1.05. The van der Waals surface area contributed by atoms with Crippen LogP contribution < -0.4 is 5.32 Å². The molecule has 2 aliphatic rings. The zero-order valence-electron chi connectivity index (χ0n) is 5.19. The van der Waals surface area contributed by atoms with E-state index in [-0.39, 0.29) is 0 Å². The molecule has 1 nitrogen and oxygen atoms in total. The summed E-state index contributed by atoms with van der Waals surface area (Å²) in [6.45, 7) is 2.60. The Kier molecular flexibility index (Phi) is 1.04. The van der Waals surface area contributed by atoms with Gasteiger partial charge < -0.3 is 5.32 Å². The van der Waals surface area contributed by atoms with Gasteiger partial charge in [-0.3, -0.25) is 0 Å². The average Bonchev–Trinajstić information content (AvgIpc) is 2.12. The first-order valence-electron chi connectivity index (χ1n) is 3.66. The van der Waals surface area contributed by atoms with E-state index in [2.05, 4.69) is 5.32 Å². The summed E-state index contributed by atoms with van der Waals surface area (Å²) in [5.74, 6) is 2.10. The molecular weight excluding hydrogens is 98.1 g/mol. The van der Waals surface area contributed by atoms with E-state index in [4.69, 9.17) is 0 Å². The first-order chi connectivity index (χ1) is 3.95. The molecule has 0 aromatic rings. The van der Waals surface area contributed by atoms with Gasteiger partial charge in [0.25, 0.3) is 0 Å². The molecule has 1 aliphatic heterocycles. The lowest BCUT2D eigenvalue weighted by molar-refractivity contribution is 0.379. The van der Waals surface area contributed by atoms with Gasteiger partial charge in [0.15, 0.2) is 0 Å². The Bertz CT molecular complexity index is 76.4. The van der Waals surface area contributed by atoms with Gasteiger partial charge in [0.1, 0.15) is 0 Å². The van der Waals surface area contributed by atoms with Gasteiger partial charge in [0.2, 0.25) is 0 Å². The van der Waals surface area contributed by atoms with Crippen LogP contribution >= 0.6 is 0 Å². The number of nitrogens with one attached hydrogen (secondary N) is 1. The average molecular weight is 111 g/mol. The van der Waals surface area contributed by atoms with Crippen LogP contribution in [0, 0.1) is 11.8 Å². The van der Waals surface area contributed by atoms with E-state index in [1.54, 1.807) is 0 Å². The molecule has 2 rings (SSSR count). The fourth-order valence-corrected chi connectivity index (χ4v) is 2.04. The third-order valence-electron chi connectivity index (χ3n) is 2.52. The predicted octanol–water partition coefficient (Wildman–Crippen LogP) is 1.01. The predicted molar refractivity (Wildman–Crippen MR) is 33.7 cm³/mol. The monoisotopic (exact) mass is 111 g/mol. The summed E-state index contributed by atoms with van der Waals surface area (Å²) in [5, 5.41) is 3.45. The van der Waals surface area contributed by atoms with Gasteiger partial charge in [-0.25, -0.2) is 0 Å². The molecule has 1 heterocycles. The maximum absolute atomic E-state index is 3.45. The largest absolute Gasteiger partial charge is 0.316 e. The molecule has 0 unspecified atom stereocenters. The molecule has 46 valence electrons. The fourth-order valence-electron chi connectivity index (χ4n) is 2.04. The van der Waals surface area contributed by atoms with E-state index in [1.807, 2.05) is 0 Å². The van der Waals surface area contributed by atoms with Gasteiger partial charge in [-0.05, 0) is 44.2 Å². The van der Waals surface area contributed by atoms with Crippen LogP contribution in [0.3, 0.4) is 0 Å². The Hall–Kier alpha value is -0.0400. The highest BCUT2D eigenvalue weighted by Crippen LogP contribution is 2.32. The molecule has 2 atom stereocenters. The van der Waals surface area contributed by atoms with Crippen molar-refractivity contribution >= 4 is 0 Å². The number of piperidine rings is 1. The first-order valence-corrected chi connectivity index (χ1v) is 3.66. The Morgan fingerprint density at radius 2 is 1.62 bits per heavy atom. The number of hydrogen-bond acceptors (Lipinski definition) is 1. The van der Waals surface area contributed by atoms with Crippen molar-refractivity contribution in [2.45, 2.75) is 19.3 Å². The second-order valence-corrected chi connectivity index (χ2v) is 3.20. The second-order valence-electron chi connectivity index (χ2n) is 3.20. The Balaban J connectivity index is 2.03. The summed E-state index contributed by atoms with van der Waals surface area (Å²) in [7, 11) is 0. The van der Waals surface area contributed by atoms with Crippen LogP contribution in [0.5, 0.6) is 0 Å². The zero-order valence-corrected chi connectivity index (χ0v) is 5.19. The van der Waals surface area contributed by atoms with Crippen molar-refractivity contribution in [3.63, 3.8) is 0 Å². The zero-order chi connectivity index (χ0) is 5.40. The third kappa shape index (κ3) is 0.655. The van der Waals surface area contributed by atoms with E-state index >= 15 is 0 Å². The highest BCUT2D eigenvalue weighted by Gasteiger charge is 2.27. The van der Waals surface area contributed by atoms with Crippen molar-refractivity contribution in [3.05, 3.63) is 0 Å². The van der Waals surface area contributed by atoms with Crippen molar-refractivity contribution in [3.8, 4) is 0 Å². The standard InChI is InChI=1S/C7H13N/c1-2-7-3-6(1)4-8-5-7/h6-8H,1-5H2/t6-,7-/m0/s1. The van der Waals surface area contributed by atoms with Crippen molar-refractivity contribution in [2.24, 2.45) is 11.8 Å². The maximum Gasteiger partial charge on any atom is -0.00203 e. The molecule has 1 heteroatoms. The molecule has 1 saturated carbocycles. The molecule has 2 bridgehead atoms. The van der Waals surface area contributed by atoms with Crippen molar-refractivity contribution in [2.75, 3.05) is 13.1 Å². The maximum atomic E-state index is 3.45. The highest BCUT2D eigenvalue weighted by molar-refractivity contribution is 4.82. The number of fused-ring (bicyclic) bond motifs is 2. The van der Waals surface area contributed by atoms with E-state index < -0.39 is 0 Å². The minimum absolute atomic E-state index is 1.05. The summed E-state index contributed by atoms with van der Waals surface area (Å²) in [6.07, 6.45) is 4.52. The van der Waals surface area contributed by atoms with Gasteiger partial charge >= 0.3 is 0 Å². The number of rotatable bonds is 0. The van der Waals surface area contributed by atoms with Crippen LogP contribution in [0.25, 0.3) is 0 Å². The lowest BCUT2D eigenvalue weighted by atomic mass is 10.0. The highest BCUT2D eigenvalue weighted by atomic mass is 14.9. The van der Waals surface area contributed by atoms with Gasteiger partial charge in [-0.1, -0.05) is 0 Å². The molecule has 0 radical (unpaired) electrons. The van der Waals surface area contributed by atoms with Gasteiger partial charge in [-0.2, -0.15) is 0 Å². The fraction of sp³-hybridized carbons (Fsp3) is 1.00. The molecule has 0 amide bonds. The van der Waals surface area contributed by atoms with Crippen LogP contribution in [-0.4, -0.2) is 13.1 Å². The van der Waals surface area contributed by atoms with E-state index in [1.165, 1.54) is 32.4 Å². The van der Waals surface area contributed by atoms with Crippen LogP contribution in [0.1, 0.15) is 19.3 Å². The van der Waals surface area contributed by atoms with Crippen molar-refractivity contribution in [1.29, 1.82) is 0 Å². The molecule has 2 fully saturated rings. The Morgan fingerprint density at radius 3 is 2.12 bits per heavy atom. The smallest absolute Gasteiger partial charge is 0.00203 e. The molecule has 1 aliphatic carbocycles. The van der Waals surface area contributed by atoms with E-state index in [9.17, 15) is 0 Å². The van der Waals surface area contributed by atoms with Gasteiger partial charge in [0, 0.05) is 0 Å². The van der Waals surface area contributed by atoms with E-state index in [0.29, 0.717) is 0 Å². The van der Waals surface area contributed by atoms with Gasteiger partial charge in [-0.15, -0.1) is 0 Å². The molecule has 0 spiro atoms. The summed E-state index contributed by atoms with van der Waals surface area (Å²) >= 11 is 0. The first kappa shape index (κ1) is 4.80. The lowest BCUT2D eigenvalue weighted by Gasteiger charge is -2.18. The lowest BCUT2D eigenvalue weighted by Crippen LogP contribution is -2.30. The van der Waals surface area contributed by atoms with Crippen LogP contribution in [0.2, 0.25) is 0 Å². The van der Waals surface area contributed by atoms with Crippen LogP contribution in [0.15, 0.2) is 0 Å². The molecule has 1 N–H and O–H groups in total. The van der Waals surface area contributed by atoms with Crippen molar-refractivity contribution in [1.82, 2.24) is 5.32 Å². The van der Waals surface area contributed by atoms with Crippen LogP contribution in [0.4, 0.5) is 0 Å². The van der Waals surface area contributed by atoms with Crippen LogP contribution in [-0.2, 0) is 0 Å². The normalized spacial score (nSPS) is 45.0. The molecule has 8 heavy (non-hydrogen) atoms. The molecule has 1 saturated heterocycles. The van der Waals surface area contributed by atoms with Crippen molar-refractivity contribution < 1.29 is 0 Å². The van der Waals surface area contributed by atoms with Gasteiger partial charge in [0.05, 0.1) is 0 Å². The second kappa shape index (κ2) is 1.73. The Labute approximate surface area is 50.5 Å². The molecular formula is C7H13N. The Morgan fingerprint density at radius 1 is 1.00 bits per heavy atom.